The van der Waals surface area contributed by atoms with Crippen molar-refractivity contribution in [1.82, 2.24) is 5.32 Å². The average molecular weight is 231 g/mol. The maximum atomic E-state index is 11.7. The second-order valence-corrected chi connectivity index (χ2v) is 3.87. The number of nitrogens with zero attached hydrogens (tertiary/aromatic N) is 1. The van der Waals surface area contributed by atoms with Gasteiger partial charge in [0.05, 0.1) is 11.6 Å². The molecule has 0 saturated heterocycles. The van der Waals surface area contributed by atoms with Gasteiger partial charge in [0.2, 0.25) is 5.91 Å². The van der Waals surface area contributed by atoms with Gasteiger partial charge in [-0.3, -0.25) is 4.79 Å². The van der Waals surface area contributed by atoms with Crippen LogP contribution < -0.4 is 11.1 Å². The molecule has 1 atom stereocenters. The van der Waals surface area contributed by atoms with E-state index < -0.39 is 0 Å². The number of rotatable bonds is 5. The number of nitrogens with one attached hydrogen (secondary N) is 1. The molecule has 1 aromatic rings. The standard InChI is InChI=1S/C13H17N3O/c1-2-12(8-15)13(17)16-9-11-5-3-10(7-14)4-6-11/h3-6,12H,2,8-9,15H2,1H3,(H,16,17). The first-order valence-corrected chi connectivity index (χ1v) is 5.68. The predicted octanol–water partition coefficient (Wildman–Crippen LogP) is 1.16. The summed E-state index contributed by atoms with van der Waals surface area (Å²) in [5.41, 5.74) is 7.09. The summed E-state index contributed by atoms with van der Waals surface area (Å²) in [7, 11) is 0. The van der Waals surface area contributed by atoms with Crippen LogP contribution in [0.3, 0.4) is 0 Å². The zero-order chi connectivity index (χ0) is 12.7. The largest absolute Gasteiger partial charge is 0.352 e. The van der Waals surface area contributed by atoms with Crippen LogP contribution >= 0.6 is 0 Å². The first-order chi connectivity index (χ1) is 8.21. The first kappa shape index (κ1) is 13.2. The second-order valence-electron chi connectivity index (χ2n) is 3.87. The molecule has 3 N–H and O–H groups in total. The lowest BCUT2D eigenvalue weighted by Crippen LogP contribution is -2.34. The zero-order valence-corrected chi connectivity index (χ0v) is 9.94. The van der Waals surface area contributed by atoms with Crippen molar-refractivity contribution in [3.63, 3.8) is 0 Å². The maximum absolute atomic E-state index is 11.7. The highest BCUT2D eigenvalue weighted by Gasteiger charge is 2.13. The Labute approximate surface area is 101 Å². The van der Waals surface area contributed by atoms with E-state index in [0.717, 1.165) is 12.0 Å². The van der Waals surface area contributed by atoms with Gasteiger partial charge in [-0.15, -0.1) is 0 Å². The SMILES string of the molecule is CCC(CN)C(=O)NCc1ccc(C#N)cc1. The van der Waals surface area contributed by atoms with Crippen LogP contribution in [0.4, 0.5) is 0 Å². The van der Waals surface area contributed by atoms with E-state index >= 15 is 0 Å². The third-order valence-corrected chi connectivity index (χ3v) is 2.70. The molecule has 90 valence electrons. The highest BCUT2D eigenvalue weighted by Crippen LogP contribution is 2.04. The van der Waals surface area contributed by atoms with Crippen molar-refractivity contribution in [3.05, 3.63) is 35.4 Å². The van der Waals surface area contributed by atoms with Crippen molar-refractivity contribution in [1.29, 1.82) is 5.26 Å². The number of carbonyl (C=O) groups is 1. The summed E-state index contributed by atoms with van der Waals surface area (Å²) < 4.78 is 0. The van der Waals surface area contributed by atoms with Gasteiger partial charge < -0.3 is 11.1 Å². The lowest BCUT2D eigenvalue weighted by molar-refractivity contribution is -0.124. The van der Waals surface area contributed by atoms with Crippen LogP contribution in [0.2, 0.25) is 0 Å². The number of amides is 1. The van der Waals surface area contributed by atoms with Gasteiger partial charge in [0.15, 0.2) is 0 Å². The molecule has 1 amide bonds. The van der Waals surface area contributed by atoms with Crippen LogP contribution in [0.5, 0.6) is 0 Å². The fraction of sp³-hybridized carbons (Fsp3) is 0.385. The van der Waals surface area contributed by atoms with Gasteiger partial charge in [-0.1, -0.05) is 19.1 Å². The number of benzene rings is 1. The molecule has 0 aliphatic carbocycles. The van der Waals surface area contributed by atoms with Gasteiger partial charge in [-0.2, -0.15) is 5.26 Å². The Morgan fingerprint density at radius 2 is 2.12 bits per heavy atom. The van der Waals surface area contributed by atoms with Crippen LogP contribution in [0.25, 0.3) is 0 Å². The Balaban J connectivity index is 2.50. The predicted molar refractivity (Wildman–Crippen MR) is 65.8 cm³/mol. The fourth-order valence-corrected chi connectivity index (χ4v) is 1.49. The summed E-state index contributed by atoms with van der Waals surface area (Å²) in [6.07, 6.45) is 0.746. The maximum Gasteiger partial charge on any atom is 0.224 e. The fourth-order valence-electron chi connectivity index (χ4n) is 1.49. The summed E-state index contributed by atoms with van der Waals surface area (Å²) in [6, 6.07) is 9.20. The first-order valence-electron chi connectivity index (χ1n) is 5.68. The minimum Gasteiger partial charge on any atom is -0.352 e. The quantitative estimate of drug-likeness (QED) is 0.798. The summed E-state index contributed by atoms with van der Waals surface area (Å²) in [6.45, 7) is 2.79. The molecule has 4 nitrogen and oxygen atoms in total. The van der Waals surface area contributed by atoms with E-state index in [1.807, 2.05) is 19.1 Å². The monoisotopic (exact) mass is 231 g/mol. The summed E-state index contributed by atoms with van der Waals surface area (Å²) >= 11 is 0. The van der Waals surface area contributed by atoms with Crippen LogP contribution in [-0.4, -0.2) is 12.5 Å². The topological polar surface area (TPSA) is 78.9 Å². The van der Waals surface area contributed by atoms with E-state index in [4.69, 9.17) is 11.0 Å². The highest BCUT2D eigenvalue weighted by molar-refractivity contribution is 5.78. The lowest BCUT2D eigenvalue weighted by atomic mass is 10.1. The number of carbonyl (C=O) groups excluding carboxylic acids is 1. The Hall–Kier alpha value is -1.86. The average Bonchev–Trinajstić information content (AvgIpc) is 2.38. The van der Waals surface area contributed by atoms with Crippen molar-refractivity contribution in [2.24, 2.45) is 11.7 Å². The van der Waals surface area contributed by atoms with Crippen LogP contribution in [0.1, 0.15) is 24.5 Å². The van der Waals surface area contributed by atoms with Crippen molar-refractivity contribution < 1.29 is 4.79 Å². The van der Waals surface area contributed by atoms with Gasteiger partial charge in [0.1, 0.15) is 0 Å². The Bertz CT molecular complexity index is 402. The van der Waals surface area contributed by atoms with Gasteiger partial charge in [0, 0.05) is 19.0 Å². The molecule has 1 unspecified atom stereocenters. The Kier molecular flexibility index (Phi) is 5.18. The third kappa shape index (κ3) is 3.89. The van der Waals surface area contributed by atoms with Crippen molar-refractivity contribution in [2.75, 3.05) is 6.54 Å². The number of nitrogens with two attached hydrogens (primary N) is 1. The molecule has 4 heteroatoms. The number of hydrogen-bond donors (Lipinski definition) is 2. The molecule has 0 aliphatic heterocycles. The summed E-state index contributed by atoms with van der Waals surface area (Å²) in [5.74, 6) is -0.132. The van der Waals surface area contributed by atoms with Crippen molar-refractivity contribution in [2.45, 2.75) is 19.9 Å². The lowest BCUT2D eigenvalue weighted by Gasteiger charge is -2.12. The molecule has 0 heterocycles. The second kappa shape index (κ2) is 6.66. The van der Waals surface area contributed by atoms with Crippen molar-refractivity contribution >= 4 is 5.91 Å². The van der Waals surface area contributed by atoms with Crippen LogP contribution in [0, 0.1) is 17.2 Å². The molecule has 17 heavy (non-hydrogen) atoms. The molecular formula is C13H17N3O. The van der Waals surface area contributed by atoms with Crippen LogP contribution in [0.15, 0.2) is 24.3 Å². The Morgan fingerprint density at radius 1 is 1.47 bits per heavy atom. The van der Waals surface area contributed by atoms with Crippen LogP contribution in [-0.2, 0) is 11.3 Å². The molecular weight excluding hydrogens is 214 g/mol. The van der Waals surface area contributed by atoms with Gasteiger partial charge >= 0.3 is 0 Å². The zero-order valence-electron chi connectivity index (χ0n) is 9.94. The van der Waals surface area contributed by atoms with E-state index in [0.29, 0.717) is 18.7 Å². The molecule has 0 bridgehead atoms. The molecule has 1 rings (SSSR count). The minimum absolute atomic E-state index is 0.0145. The minimum atomic E-state index is -0.117. The summed E-state index contributed by atoms with van der Waals surface area (Å²) in [5, 5.41) is 11.5. The smallest absolute Gasteiger partial charge is 0.224 e. The van der Waals surface area contributed by atoms with E-state index in [1.54, 1.807) is 12.1 Å². The van der Waals surface area contributed by atoms with E-state index in [1.165, 1.54) is 0 Å². The van der Waals surface area contributed by atoms with E-state index in [-0.39, 0.29) is 11.8 Å². The molecule has 0 saturated carbocycles. The number of nitriles is 1. The van der Waals surface area contributed by atoms with Crippen molar-refractivity contribution in [3.8, 4) is 6.07 Å². The van der Waals surface area contributed by atoms with E-state index in [2.05, 4.69) is 11.4 Å². The van der Waals surface area contributed by atoms with Gasteiger partial charge in [-0.25, -0.2) is 0 Å². The highest BCUT2D eigenvalue weighted by atomic mass is 16.1. The van der Waals surface area contributed by atoms with Gasteiger partial charge in [0.25, 0.3) is 0 Å². The molecule has 0 fully saturated rings. The third-order valence-electron chi connectivity index (χ3n) is 2.70. The number of hydrogen-bond acceptors (Lipinski definition) is 3. The molecule has 0 aromatic heterocycles. The molecule has 0 radical (unpaired) electrons. The summed E-state index contributed by atoms with van der Waals surface area (Å²) in [4.78, 5) is 11.7. The Morgan fingerprint density at radius 3 is 2.59 bits per heavy atom. The molecule has 0 spiro atoms. The van der Waals surface area contributed by atoms with Gasteiger partial charge in [-0.05, 0) is 24.1 Å². The normalized spacial score (nSPS) is 11.6. The molecule has 0 aliphatic rings. The van der Waals surface area contributed by atoms with E-state index in [9.17, 15) is 4.79 Å². The molecule has 1 aromatic carbocycles.